The summed E-state index contributed by atoms with van der Waals surface area (Å²) in [6.07, 6.45) is 2.12. The van der Waals surface area contributed by atoms with Crippen molar-refractivity contribution in [2.75, 3.05) is 6.54 Å². The topological polar surface area (TPSA) is 60.8 Å². The van der Waals surface area contributed by atoms with Crippen LogP contribution in [0.2, 0.25) is 0 Å². The normalized spacial score (nSPS) is 14.8. The molecule has 4 heteroatoms. The first-order chi connectivity index (χ1) is 8.49. The van der Waals surface area contributed by atoms with Gasteiger partial charge in [0.1, 0.15) is 0 Å². The molecule has 0 aromatic heterocycles. The largest absolute Gasteiger partial charge is 0.504 e. The monoisotopic (exact) mass is 249 g/mol. The van der Waals surface area contributed by atoms with Crippen molar-refractivity contribution in [2.45, 2.75) is 32.7 Å². The van der Waals surface area contributed by atoms with Crippen LogP contribution in [0, 0.1) is 5.92 Å². The van der Waals surface area contributed by atoms with Crippen LogP contribution in [-0.4, -0.2) is 33.6 Å². The van der Waals surface area contributed by atoms with E-state index in [0.29, 0.717) is 17.5 Å². The molecule has 0 spiro atoms. The molecule has 0 atom stereocenters. The lowest BCUT2D eigenvalue weighted by molar-refractivity contribution is 0.0722. The van der Waals surface area contributed by atoms with Crippen LogP contribution in [-0.2, 0) is 0 Å². The molecule has 0 saturated heterocycles. The minimum absolute atomic E-state index is 0.0681. The van der Waals surface area contributed by atoms with Crippen LogP contribution in [0.1, 0.15) is 37.0 Å². The number of benzene rings is 1. The molecule has 1 aliphatic rings. The van der Waals surface area contributed by atoms with Gasteiger partial charge in [-0.25, -0.2) is 0 Å². The maximum absolute atomic E-state index is 12.4. The van der Waals surface area contributed by atoms with Crippen LogP contribution in [0.25, 0.3) is 0 Å². The second kappa shape index (κ2) is 4.88. The Balaban J connectivity index is 2.19. The minimum atomic E-state index is -0.249. The molecule has 2 rings (SSSR count). The van der Waals surface area contributed by atoms with Gasteiger partial charge in [0, 0.05) is 18.2 Å². The van der Waals surface area contributed by atoms with Crippen LogP contribution >= 0.6 is 0 Å². The summed E-state index contributed by atoms with van der Waals surface area (Å²) < 4.78 is 0. The number of nitrogens with zero attached hydrogens (tertiary/aromatic N) is 1. The van der Waals surface area contributed by atoms with Crippen molar-refractivity contribution in [3.63, 3.8) is 0 Å². The predicted molar refractivity (Wildman–Crippen MR) is 68.7 cm³/mol. The Bertz CT molecular complexity index is 452. The molecule has 2 N–H and O–H groups in total. The first-order valence-electron chi connectivity index (χ1n) is 6.32. The fourth-order valence-corrected chi connectivity index (χ4v) is 2.00. The molecule has 0 radical (unpaired) electrons. The molecule has 1 aliphatic carbocycles. The summed E-state index contributed by atoms with van der Waals surface area (Å²) in [4.78, 5) is 14.2. The molecule has 0 heterocycles. The van der Waals surface area contributed by atoms with Crippen molar-refractivity contribution >= 4 is 5.91 Å². The van der Waals surface area contributed by atoms with Gasteiger partial charge in [-0.1, -0.05) is 13.8 Å². The molecule has 1 saturated carbocycles. The zero-order valence-electron chi connectivity index (χ0n) is 10.8. The molecule has 0 unspecified atom stereocenters. The van der Waals surface area contributed by atoms with E-state index in [4.69, 9.17) is 0 Å². The molecular weight excluding hydrogens is 230 g/mol. The van der Waals surface area contributed by atoms with E-state index in [1.807, 2.05) is 4.90 Å². The summed E-state index contributed by atoms with van der Waals surface area (Å²) in [7, 11) is 0. The van der Waals surface area contributed by atoms with Crippen molar-refractivity contribution in [3.8, 4) is 11.5 Å². The Labute approximate surface area is 107 Å². The molecule has 0 aliphatic heterocycles. The molecule has 18 heavy (non-hydrogen) atoms. The number of carbonyl (C=O) groups is 1. The highest BCUT2D eigenvalue weighted by atomic mass is 16.3. The van der Waals surface area contributed by atoms with E-state index in [-0.39, 0.29) is 17.4 Å². The summed E-state index contributed by atoms with van der Waals surface area (Å²) in [5, 5.41) is 18.7. The quantitative estimate of drug-likeness (QED) is 0.805. The standard InChI is InChI=1S/C14H19NO3/c1-9(2)8-15(11-4-5-11)14(18)10-3-6-12(16)13(17)7-10/h3,6-7,9,11,16-17H,4-5,8H2,1-2H3. The first kappa shape index (κ1) is 12.7. The first-order valence-corrected chi connectivity index (χ1v) is 6.32. The van der Waals surface area contributed by atoms with Crippen LogP contribution in [0.3, 0.4) is 0 Å². The van der Waals surface area contributed by atoms with Crippen molar-refractivity contribution in [2.24, 2.45) is 5.92 Å². The lowest BCUT2D eigenvalue weighted by Gasteiger charge is -2.24. The molecule has 1 fully saturated rings. The van der Waals surface area contributed by atoms with Gasteiger partial charge in [0.15, 0.2) is 11.5 Å². The van der Waals surface area contributed by atoms with E-state index < -0.39 is 0 Å². The SMILES string of the molecule is CC(C)CN(C(=O)c1ccc(O)c(O)c1)C1CC1. The van der Waals surface area contributed by atoms with E-state index in [0.717, 1.165) is 19.4 Å². The maximum atomic E-state index is 12.4. The van der Waals surface area contributed by atoms with Gasteiger partial charge in [-0.2, -0.15) is 0 Å². The van der Waals surface area contributed by atoms with Crippen LogP contribution < -0.4 is 0 Å². The second-order valence-corrected chi connectivity index (χ2v) is 5.29. The van der Waals surface area contributed by atoms with E-state index in [1.165, 1.54) is 12.1 Å². The minimum Gasteiger partial charge on any atom is -0.504 e. The summed E-state index contributed by atoms with van der Waals surface area (Å²) in [6.45, 7) is 4.89. The number of amides is 1. The van der Waals surface area contributed by atoms with Crippen LogP contribution in [0.15, 0.2) is 18.2 Å². The van der Waals surface area contributed by atoms with Gasteiger partial charge in [-0.05, 0) is 37.0 Å². The third kappa shape index (κ3) is 2.75. The average Bonchev–Trinajstić information content (AvgIpc) is 3.12. The lowest BCUT2D eigenvalue weighted by atomic mass is 10.1. The Kier molecular flexibility index (Phi) is 3.45. The number of phenols is 2. The van der Waals surface area contributed by atoms with Gasteiger partial charge in [0.2, 0.25) is 0 Å². The summed E-state index contributed by atoms with van der Waals surface area (Å²) in [5.41, 5.74) is 0.429. The Hall–Kier alpha value is -1.71. The highest BCUT2D eigenvalue weighted by molar-refractivity contribution is 5.95. The van der Waals surface area contributed by atoms with E-state index >= 15 is 0 Å². The summed E-state index contributed by atoms with van der Waals surface area (Å²) >= 11 is 0. The van der Waals surface area contributed by atoms with Gasteiger partial charge in [-0.3, -0.25) is 4.79 Å². The molecule has 1 aromatic carbocycles. The third-order valence-electron chi connectivity index (χ3n) is 3.03. The van der Waals surface area contributed by atoms with Gasteiger partial charge in [-0.15, -0.1) is 0 Å². The van der Waals surface area contributed by atoms with Gasteiger partial charge >= 0.3 is 0 Å². The maximum Gasteiger partial charge on any atom is 0.254 e. The van der Waals surface area contributed by atoms with Crippen LogP contribution in [0.4, 0.5) is 0 Å². The summed E-state index contributed by atoms with van der Waals surface area (Å²) in [5.74, 6) is -0.101. The smallest absolute Gasteiger partial charge is 0.254 e. The Morgan fingerprint density at radius 3 is 2.50 bits per heavy atom. The highest BCUT2D eigenvalue weighted by Gasteiger charge is 2.33. The molecule has 1 aromatic rings. The Morgan fingerprint density at radius 2 is 2.00 bits per heavy atom. The van der Waals surface area contributed by atoms with Crippen molar-refractivity contribution in [3.05, 3.63) is 23.8 Å². The van der Waals surface area contributed by atoms with Gasteiger partial charge < -0.3 is 15.1 Å². The van der Waals surface area contributed by atoms with E-state index in [2.05, 4.69) is 13.8 Å². The van der Waals surface area contributed by atoms with Crippen molar-refractivity contribution in [1.82, 2.24) is 4.90 Å². The zero-order valence-corrected chi connectivity index (χ0v) is 10.8. The molecule has 0 bridgehead atoms. The van der Waals surface area contributed by atoms with Crippen molar-refractivity contribution < 1.29 is 15.0 Å². The number of hydrogen-bond acceptors (Lipinski definition) is 3. The number of carbonyl (C=O) groups excluding carboxylic acids is 1. The molecule has 1 amide bonds. The van der Waals surface area contributed by atoms with Gasteiger partial charge in [0.25, 0.3) is 5.91 Å². The number of phenolic OH excluding ortho intramolecular Hbond substituents is 2. The number of rotatable bonds is 4. The van der Waals surface area contributed by atoms with Crippen molar-refractivity contribution in [1.29, 1.82) is 0 Å². The van der Waals surface area contributed by atoms with E-state index in [1.54, 1.807) is 6.07 Å². The fraction of sp³-hybridized carbons (Fsp3) is 0.500. The molecular formula is C14H19NO3. The average molecular weight is 249 g/mol. The number of aromatic hydroxyl groups is 2. The lowest BCUT2D eigenvalue weighted by Crippen LogP contribution is -2.36. The Morgan fingerprint density at radius 1 is 1.33 bits per heavy atom. The van der Waals surface area contributed by atoms with Gasteiger partial charge in [0.05, 0.1) is 0 Å². The zero-order chi connectivity index (χ0) is 13.3. The predicted octanol–water partition coefficient (Wildman–Crippen LogP) is 2.36. The molecule has 4 nitrogen and oxygen atoms in total. The highest BCUT2D eigenvalue weighted by Crippen LogP contribution is 2.31. The van der Waals surface area contributed by atoms with Crippen LogP contribution in [0.5, 0.6) is 11.5 Å². The summed E-state index contributed by atoms with van der Waals surface area (Å²) in [6, 6.07) is 4.57. The number of hydrogen-bond donors (Lipinski definition) is 2. The molecule has 98 valence electrons. The fourth-order valence-electron chi connectivity index (χ4n) is 2.00. The second-order valence-electron chi connectivity index (χ2n) is 5.29. The van der Waals surface area contributed by atoms with E-state index in [9.17, 15) is 15.0 Å². The third-order valence-corrected chi connectivity index (χ3v) is 3.03.